The first-order valence-electron chi connectivity index (χ1n) is 9.58. The summed E-state index contributed by atoms with van der Waals surface area (Å²) in [6.45, 7) is 1.88. The zero-order chi connectivity index (χ0) is 21.3. The van der Waals surface area contributed by atoms with Crippen LogP contribution >= 0.6 is 0 Å². The van der Waals surface area contributed by atoms with Crippen LogP contribution in [0.1, 0.15) is 18.5 Å². The lowest BCUT2D eigenvalue weighted by atomic mass is 9.94. The number of aromatic nitrogens is 3. The zero-order valence-electron chi connectivity index (χ0n) is 17.4. The van der Waals surface area contributed by atoms with Crippen LogP contribution in [0.15, 0.2) is 66.1 Å². The normalized spacial score (nSPS) is 15.3. The van der Waals surface area contributed by atoms with Crippen molar-refractivity contribution in [3.05, 3.63) is 71.7 Å². The predicted molar refractivity (Wildman–Crippen MR) is 117 cm³/mol. The average molecular weight is 404 g/mol. The number of carbonyl (C=O) groups excluding carboxylic acids is 1. The molecule has 0 saturated carbocycles. The highest BCUT2D eigenvalue weighted by molar-refractivity contribution is 6.06. The van der Waals surface area contributed by atoms with E-state index in [4.69, 9.17) is 4.74 Å². The molecule has 4 rings (SSSR count). The molecule has 0 bridgehead atoms. The minimum Gasteiger partial charge on any atom is -0.497 e. The minimum absolute atomic E-state index is 0.201. The van der Waals surface area contributed by atoms with Crippen LogP contribution in [0.25, 0.3) is 0 Å². The number of nitrogens with one attached hydrogen (secondary N) is 2. The lowest BCUT2D eigenvalue weighted by Gasteiger charge is -2.29. The van der Waals surface area contributed by atoms with Gasteiger partial charge < -0.3 is 20.3 Å². The summed E-state index contributed by atoms with van der Waals surface area (Å²) in [5, 5.41) is 10.5. The number of methoxy groups -OCH3 is 1. The first-order valence-corrected chi connectivity index (χ1v) is 9.58. The highest BCUT2D eigenvalue weighted by atomic mass is 16.5. The second kappa shape index (κ2) is 7.90. The minimum atomic E-state index is -0.391. The molecule has 30 heavy (non-hydrogen) atoms. The number of amides is 1. The van der Waals surface area contributed by atoms with Crippen LogP contribution in [-0.2, 0) is 4.79 Å². The number of allylic oxidation sites excluding steroid dienone is 1. The highest BCUT2D eigenvalue weighted by Gasteiger charge is 2.33. The van der Waals surface area contributed by atoms with Gasteiger partial charge in [-0.25, -0.2) is 4.68 Å². The lowest BCUT2D eigenvalue weighted by Crippen LogP contribution is -2.31. The van der Waals surface area contributed by atoms with Crippen molar-refractivity contribution in [2.45, 2.75) is 13.0 Å². The van der Waals surface area contributed by atoms with Gasteiger partial charge in [0.05, 0.1) is 12.7 Å². The maximum Gasteiger partial charge on any atom is 0.255 e. The summed E-state index contributed by atoms with van der Waals surface area (Å²) in [5.74, 6) is 1.14. The monoisotopic (exact) mass is 404 g/mol. The van der Waals surface area contributed by atoms with Gasteiger partial charge in [-0.1, -0.05) is 12.1 Å². The summed E-state index contributed by atoms with van der Waals surface area (Å²) in [6.07, 6.45) is 1.49. The van der Waals surface area contributed by atoms with E-state index in [0.29, 0.717) is 17.2 Å². The summed E-state index contributed by atoms with van der Waals surface area (Å²) < 4.78 is 6.92. The number of benzene rings is 2. The Hall–Kier alpha value is -3.81. The summed E-state index contributed by atoms with van der Waals surface area (Å²) in [4.78, 5) is 19.6. The Morgan fingerprint density at radius 3 is 2.47 bits per heavy atom. The molecule has 2 heterocycles. The Labute approximate surface area is 175 Å². The average Bonchev–Trinajstić information content (AvgIpc) is 3.21. The van der Waals surface area contributed by atoms with Gasteiger partial charge in [-0.3, -0.25) is 4.79 Å². The van der Waals surface area contributed by atoms with Gasteiger partial charge in [-0.05, 0) is 48.9 Å². The van der Waals surface area contributed by atoms with Crippen LogP contribution < -0.4 is 20.3 Å². The van der Waals surface area contributed by atoms with Crippen molar-refractivity contribution in [2.24, 2.45) is 0 Å². The van der Waals surface area contributed by atoms with E-state index in [1.165, 1.54) is 6.33 Å². The van der Waals surface area contributed by atoms with Crippen LogP contribution in [0, 0.1) is 0 Å². The zero-order valence-corrected chi connectivity index (χ0v) is 17.4. The SMILES string of the molecule is COc1ccc(NC(=O)C2=C(C)Nc3ncnn3C2c2ccc(N(C)C)cc2)cc1. The van der Waals surface area contributed by atoms with E-state index in [2.05, 4.69) is 20.7 Å². The molecular formula is C22H24N6O2. The number of hydrogen-bond donors (Lipinski definition) is 2. The van der Waals surface area contributed by atoms with Crippen LogP contribution in [0.4, 0.5) is 17.3 Å². The number of ether oxygens (including phenoxy) is 1. The van der Waals surface area contributed by atoms with Crippen molar-refractivity contribution in [3.8, 4) is 5.75 Å². The van der Waals surface area contributed by atoms with E-state index in [1.807, 2.05) is 74.4 Å². The third-order valence-electron chi connectivity index (χ3n) is 5.11. The molecule has 1 atom stereocenters. The van der Waals surface area contributed by atoms with E-state index in [1.54, 1.807) is 11.8 Å². The first kappa shape index (κ1) is 19.5. The van der Waals surface area contributed by atoms with Crippen molar-refractivity contribution < 1.29 is 9.53 Å². The highest BCUT2D eigenvalue weighted by Crippen LogP contribution is 2.35. The van der Waals surface area contributed by atoms with E-state index >= 15 is 0 Å². The van der Waals surface area contributed by atoms with Crippen molar-refractivity contribution in [3.63, 3.8) is 0 Å². The largest absolute Gasteiger partial charge is 0.497 e. The third-order valence-corrected chi connectivity index (χ3v) is 5.11. The van der Waals surface area contributed by atoms with Gasteiger partial charge in [0.25, 0.3) is 5.91 Å². The Morgan fingerprint density at radius 1 is 1.13 bits per heavy atom. The molecule has 0 aliphatic carbocycles. The molecule has 0 fully saturated rings. The van der Waals surface area contributed by atoms with Crippen LogP contribution in [-0.4, -0.2) is 41.9 Å². The summed E-state index contributed by atoms with van der Waals surface area (Å²) in [6, 6.07) is 14.9. The summed E-state index contributed by atoms with van der Waals surface area (Å²) in [7, 11) is 5.59. The lowest BCUT2D eigenvalue weighted by molar-refractivity contribution is -0.113. The Morgan fingerprint density at radius 2 is 1.83 bits per heavy atom. The molecule has 1 aromatic heterocycles. The second-order valence-corrected chi connectivity index (χ2v) is 7.26. The van der Waals surface area contributed by atoms with Gasteiger partial charge in [0.15, 0.2) is 0 Å². The van der Waals surface area contributed by atoms with E-state index in [0.717, 1.165) is 22.7 Å². The number of fused-ring (bicyclic) bond motifs is 1. The molecule has 1 aliphatic rings. The maximum atomic E-state index is 13.3. The third kappa shape index (κ3) is 3.59. The number of carbonyl (C=O) groups is 1. The number of anilines is 3. The standard InChI is InChI=1S/C22H24N6O2/c1-14-19(21(29)26-16-7-11-18(30-4)12-8-16)20(28-22(25-14)23-13-24-28)15-5-9-17(10-6-15)27(2)3/h5-13,20H,1-4H3,(H,26,29)(H,23,24,25). The number of nitrogens with zero attached hydrogens (tertiary/aromatic N) is 4. The molecule has 0 saturated heterocycles. The molecule has 8 nitrogen and oxygen atoms in total. The molecule has 2 N–H and O–H groups in total. The molecule has 8 heteroatoms. The van der Waals surface area contributed by atoms with Gasteiger partial charge in [0.1, 0.15) is 18.1 Å². The molecule has 1 aliphatic heterocycles. The maximum absolute atomic E-state index is 13.3. The van der Waals surface area contributed by atoms with Gasteiger partial charge >= 0.3 is 0 Å². The summed E-state index contributed by atoms with van der Waals surface area (Å²) in [5.41, 5.74) is 4.04. The van der Waals surface area contributed by atoms with Gasteiger partial charge in [0.2, 0.25) is 5.95 Å². The molecule has 0 spiro atoms. The predicted octanol–water partition coefficient (Wildman–Crippen LogP) is 3.28. The van der Waals surface area contributed by atoms with Crippen LogP contribution in [0.5, 0.6) is 5.75 Å². The van der Waals surface area contributed by atoms with E-state index < -0.39 is 6.04 Å². The van der Waals surface area contributed by atoms with Crippen molar-refractivity contribution in [2.75, 3.05) is 36.7 Å². The molecule has 3 aromatic rings. The van der Waals surface area contributed by atoms with E-state index in [-0.39, 0.29) is 5.91 Å². The molecule has 0 radical (unpaired) electrons. The molecular weight excluding hydrogens is 380 g/mol. The topological polar surface area (TPSA) is 84.3 Å². The van der Waals surface area contributed by atoms with Crippen molar-refractivity contribution in [1.82, 2.24) is 14.8 Å². The first-order chi connectivity index (χ1) is 14.5. The van der Waals surface area contributed by atoms with Crippen LogP contribution in [0.2, 0.25) is 0 Å². The fourth-order valence-electron chi connectivity index (χ4n) is 3.52. The fraction of sp³-hybridized carbons (Fsp3) is 0.227. The molecule has 1 unspecified atom stereocenters. The molecule has 1 amide bonds. The smallest absolute Gasteiger partial charge is 0.255 e. The fourth-order valence-corrected chi connectivity index (χ4v) is 3.52. The Balaban J connectivity index is 1.70. The molecule has 2 aromatic carbocycles. The Kier molecular flexibility index (Phi) is 5.14. The van der Waals surface area contributed by atoms with Crippen LogP contribution in [0.3, 0.4) is 0 Å². The second-order valence-electron chi connectivity index (χ2n) is 7.26. The van der Waals surface area contributed by atoms with Gasteiger partial charge in [-0.15, -0.1) is 0 Å². The van der Waals surface area contributed by atoms with E-state index in [9.17, 15) is 4.79 Å². The van der Waals surface area contributed by atoms with Crippen molar-refractivity contribution >= 4 is 23.2 Å². The Bertz CT molecular complexity index is 1080. The number of rotatable bonds is 5. The number of hydrogen-bond acceptors (Lipinski definition) is 6. The van der Waals surface area contributed by atoms with Crippen molar-refractivity contribution in [1.29, 1.82) is 0 Å². The molecule has 154 valence electrons. The summed E-state index contributed by atoms with van der Waals surface area (Å²) >= 11 is 0. The quantitative estimate of drug-likeness (QED) is 0.679. The van der Waals surface area contributed by atoms with Gasteiger partial charge in [-0.2, -0.15) is 10.1 Å². The van der Waals surface area contributed by atoms with Gasteiger partial charge in [0, 0.05) is 31.2 Å².